The average Bonchev–Trinajstić information content (AvgIpc) is 2.46. The summed E-state index contributed by atoms with van der Waals surface area (Å²) in [6.07, 6.45) is 1.41. The van der Waals surface area contributed by atoms with Crippen molar-refractivity contribution in [2.24, 2.45) is 5.92 Å². The van der Waals surface area contributed by atoms with Crippen molar-refractivity contribution in [3.63, 3.8) is 0 Å². The minimum Gasteiger partial charge on any atom is -0.366 e. The zero-order valence-electron chi connectivity index (χ0n) is 12.1. The van der Waals surface area contributed by atoms with E-state index in [9.17, 15) is 14.9 Å². The van der Waals surface area contributed by atoms with E-state index >= 15 is 0 Å². The average molecular weight is 312 g/mol. The van der Waals surface area contributed by atoms with Crippen LogP contribution < -0.4 is 4.90 Å². The third-order valence-electron chi connectivity index (χ3n) is 3.76. The lowest BCUT2D eigenvalue weighted by molar-refractivity contribution is -0.384. The number of anilines is 1. The summed E-state index contributed by atoms with van der Waals surface area (Å²) in [7, 11) is 3.50. The smallest absolute Gasteiger partial charge is 0.294 e. The van der Waals surface area contributed by atoms with Crippen molar-refractivity contribution in [1.82, 2.24) is 4.90 Å². The van der Waals surface area contributed by atoms with E-state index in [1.807, 2.05) is 4.90 Å². The van der Waals surface area contributed by atoms with Crippen LogP contribution in [-0.4, -0.2) is 42.9 Å². The second kappa shape index (κ2) is 6.30. The highest BCUT2D eigenvalue weighted by molar-refractivity contribution is 6.30. The highest BCUT2D eigenvalue weighted by Gasteiger charge is 2.29. The maximum Gasteiger partial charge on any atom is 0.294 e. The van der Waals surface area contributed by atoms with E-state index in [2.05, 4.69) is 0 Å². The summed E-state index contributed by atoms with van der Waals surface area (Å²) >= 11 is 5.83. The summed E-state index contributed by atoms with van der Waals surface area (Å²) in [4.78, 5) is 26.2. The maximum absolute atomic E-state index is 11.9. The number of rotatable bonds is 3. The predicted octanol–water partition coefficient (Wildman–Crippen LogP) is 2.55. The van der Waals surface area contributed by atoms with E-state index in [1.165, 1.54) is 6.07 Å². The first-order valence-corrected chi connectivity index (χ1v) is 7.18. The van der Waals surface area contributed by atoms with Crippen LogP contribution in [0, 0.1) is 16.0 Å². The van der Waals surface area contributed by atoms with Crippen LogP contribution in [-0.2, 0) is 4.79 Å². The van der Waals surface area contributed by atoms with E-state index in [0.29, 0.717) is 36.6 Å². The van der Waals surface area contributed by atoms with Gasteiger partial charge in [-0.1, -0.05) is 11.6 Å². The largest absolute Gasteiger partial charge is 0.366 e. The Bertz CT molecular complexity index is 554. The Hall–Kier alpha value is -1.82. The van der Waals surface area contributed by atoms with Gasteiger partial charge in [-0.3, -0.25) is 14.9 Å². The normalized spacial score (nSPS) is 15.9. The van der Waals surface area contributed by atoms with Crippen LogP contribution in [0.25, 0.3) is 0 Å². The molecule has 1 aliphatic heterocycles. The molecule has 1 amide bonds. The number of piperidine rings is 1. The molecule has 0 spiro atoms. The lowest BCUT2D eigenvalue weighted by atomic mass is 9.95. The van der Waals surface area contributed by atoms with Crippen LogP contribution >= 0.6 is 11.6 Å². The van der Waals surface area contributed by atoms with Crippen molar-refractivity contribution in [2.45, 2.75) is 12.8 Å². The van der Waals surface area contributed by atoms with Crippen LogP contribution in [0.4, 0.5) is 11.4 Å². The first-order valence-electron chi connectivity index (χ1n) is 6.80. The first-order chi connectivity index (χ1) is 9.90. The summed E-state index contributed by atoms with van der Waals surface area (Å²) in [5.74, 6) is 0.128. The van der Waals surface area contributed by atoms with Crippen molar-refractivity contribution >= 4 is 28.9 Å². The minimum absolute atomic E-state index is 0.00241. The van der Waals surface area contributed by atoms with Gasteiger partial charge in [0, 0.05) is 44.2 Å². The number of nitrogens with zero attached hydrogens (tertiary/aromatic N) is 3. The van der Waals surface area contributed by atoms with Gasteiger partial charge in [-0.25, -0.2) is 0 Å². The van der Waals surface area contributed by atoms with E-state index < -0.39 is 4.92 Å². The highest BCUT2D eigenvalue weighted by atomic mass is 35.5. The Morgan fingerprint density at radius 2 is 2.00 bits per heavy atom. The maximum atomic E-state index is 11.9. The van der Waals surface area contributed by atoms with Gasteiger partial charge in [-0.2, -0.15) is 0 Å². The first kappa shape index (κ1) is 15.6. The monoisotopic (exact) mass is 311 g/mol. The quantitative estimate of drug-likeness (QED) is 0.635. The number of nitro groups is 1. The number of halogens is 1. The number of hydrogen-bond donors (Lipinski definition) is 0. The minimum atomic E-state index is -0.418. The van der Waals surface area contributed by atoms with Crippen LogP contribution in [0.5, 0.6) is 0 Å². The van der Waals surface area contributed by atoms with Gasteiger partial charge in [0.25, 0.3) is 5.69 Å². The molecule has 1 aromatic carbocycles. The molecule has 0 radical (unpaired) electrons. The Morgan fingerprint density at radius 1 is 1.38 bits per heavy atom. The SMILES string of the molecule is CN(C)C(=O)C1CCN(c2ccc(Cl)cc2[N+](=O)[O-])CC1. The van der Waals surface area contributed by atoms with Gasteiger partial charge in [0.1, 0.15) is 5.69 Å². The second-order valence-electron chi connectivity index (χ2n) is 5.38. The number of carbonyl (C=O) groups is 1. The molecule has 0 unspecified atom stereocenters. The fourth-order valence-electron chi connectivity index (χ4n) is 2.64. The number of amides is 1. The molecule has 114 valence electrons. The van der Waals surface area contributed by atoms with Crippen LogP contribution in [0.15, 0.2) is 18.2 Å². The van der Waals surface area contributed by atoms with E-state index in [4.69, 9.17) is 11.6 Å². The third-order valence-corrected chi connectivity index (χ3v) is 3.99. The molecule has 0 aliphatic carbocycles. The zero-order valence-corrected chi connectivity index (χ0v) is 12.8. The van der Waals surface area contributed by atoms with Gasteiger partial charge >= 0.3 is 0 Å². The molecule has 1 saturated heterocycles. The van der Waals surface area contributed by atoms with Crippen molar-refractivity contribution < 1.29 is 9.72 Å². The molecule has 21 heavy (non-hydrogen) atoms. The van der Waals surface area contributed by atoms with Gasteiger partial charge < -0.3 is 9.80 Å². The van der Waals surface area contributed by atoms with E-state index in [-0.39, 0.29) is 17.5 Å². The fourth-order valence-corrected chi connectivity index (χ4v) is 2.81. The van der Waals surface area contributed by atoms with Crippen LogP contribution in [0.3, 0.4) is 0 Å². The molecule has 1 fully saturated rings. The summed E-state index contributed by atoms with van der Waals surface area (Å²) in [6.45, 7) is 1.26. The molecule has 0 atom stereocenters. The van der Waals surface area contributed by atoms with Crippen molar-refractivity contribution in [1.29, 1.82) is 0 Å². The van der Waals surface area contributed by atoms with Gasteiger partial charge in [-0.05, 0) is 25.0 Å². The molecule has 0 N–H and O–H groups in total. The Balaban J connectivity index is 2.13. The number of hydrogen-bond acceptors (Lipinski definition) is 4. The van der Waals surface area contributed by atoms with Gasteiger partial charge in [0.05, 0.1) is 4.92 Å². The van der Waals surface area contributed by atoms with Crippen molar-refractivity contribution in [2.75, 3.05) is 32.1 Å². The summed E-state index contributed by atoms with van der Waals surface area (Å²) in [5.41, 5.74) is 0.583. The third kappa shape index (κ3) is 3.44. The standard InChI is InChI=1S/C14H18ClN3O3/c1-16(2)14(19)10-5-7-17(8-6-10)12-4-3-11(15)9-13(12)18(20)21/h3-4,9-10H,5-8H2,1-2H3. The molecule has 7 heteroatoms. The van der Waals surface area contributed by atoms with Gasteiger partial charge in [-0.15, -0.1) is 0 Å². The van der Waals surface area contributed by atoms with E-state index in [0.717, 1.165) is 0 Å². The lowest BCUT2D eigenvalue weighted by Gasteiger charge is -2.33. The van der Waals surface area contributed by atoms with Gasteiger partial charge in [0.15, 0.2) is 0 Å². The summed E-state index contributed by atoms with van der Waals surface area (Å²) < 4.78 is 0. The van der Waals surface area contributed by atoms with Crippen LogP contribution in [0.1, 0.15) is 12.8 Å². The summed E-state index contributed by atoms with van der Waals surface area (Å²) in [5, 5.41) is 11.5. The Kier molecular flexibility index (Phi) is 4.67. The number of nitro benzene ring substituents is 1. The van der Waals surface area contributed by atoms with Crippen molar-refractivity contribution in [3.8, 4) is 0 Å². The fraction of sp³-hybridized carbons (Fsp3) is 0.500. The molecule has 2 rings (SSSR count). The zero-order chi connectivity index (χ0) is 15.6. The molecular weight excluding hydrogens is 294 g/mol. The molecule has 0 aromatic heterocycles. The molecule has 0 saturated carbocycles. The van der Waals surface area contributed by atoms with Crippen LogP contribution in [0.2, 0.25) is 5.02 Å². The highest BCUT2D eigenvalue weighted by Crippen LogP contribution is 2.33. The molecule has 1 aromatic rings. The molecule has 1 heterocycles. The number of benzene rings is 1. The van der Waals surface area contributed by atoms with Gasteiger partial charge in [0.2, 0.25) is 5.91 Å². The summed E-state index contributed by atoms with van der Waals surface area (Å²) in [6, 6.07) is 4.70. The van der Waals surface area contributed by atoms with E-state index in [1.54, 1.807) is 31.1 Å². The Morgan fingerprint density at radius 3 is 2.52 bits per heavy atom. The Labute approximate surface area is 128 Å². The second-order valence-corrected chi connectivity index (χ2v) is 5.82. The number of carbonyl (C=O) groups excluding carboxylic acids is 1. The van der Waals surface area contributed by atoms with Crippen molar-refractivity contribution in [3.05, 3.63) is 33.3 Å². The lowest BCUT2D eigenvalue weighted by Crippen LogP contribution is -2.40. The molecule has 1 aliphatic rings. The molecule has 6 nitrogen and oxygen atoms in total. The predicted molar refractivity (Wildman–Crippen MR) is 81.7 cm³/mol. The molecular formula is C14H18ClN3O3. The molecule has 0 bridgehead atoms. The topological polar surface area (TPSA) is 66.7 Å².